The maximum atomic E-state index is 12.1. The zero-order valence-electron chi connectivity index (χ0n) is 14.8. The van der Waals surface area contributed by atoms with Crippen molar-refractivity contribution < 1.29 is 9.59 Å². The Morgan fingerprint density at radius 1 is 0.727 bits per heavy atom. The van der Waals surface area contributed by atoms with Crippen molar-refractivity contribution in [3.8, 4) is 0 Å². The summed E-state index contributed by atoms with van der Waals surface area (Å²) in [6, 6.07) is -0.654. The summed E-state index contributed by atoms with van der Waals surface area (Å²) in [5.41, 5.74) is 0. The van der Waals surface area contributed by atoms with Crippen LogP contribution in [0.4, 0.5) is 0 Å². The lowest BCUT2D eigenvalue weighted by atomic mass is 9.98. The molecule has 1 saturated heterocycles. The van der Waals surface area contributed by atoms with E-state index in [1.807, 2.05) is 0 Å². The molecule has 128 valence electrons. The number of hydrogen-bond acceptors (Lipinski definition) is 2. The lowest BCUT2D eigenvalue weighted by Gasteiger charge is -2.29. The maximum absolute atomic E-state index is 12.1. The van der Waals surface area contributed by atoms with E-state index in [0.717, 1.165) is 38.5 Å². The molecule has 1 aliphatic rings. The molecule has 0 radical (unpaired) electrons. The van der Waals surface area contributed by atoms with E-state index in [1.54, 1.807) is 0 Å². The van der Waals surface area contributed by atoms with E-state index in [4.69, 9.17) is 0 Å². The first kappa shape index (κ1) is 19.0. The number of piperazine rings is 1. The SMILES string of the molecule is CC(C)CCCCC1NC(=O)C(CCCCC(C)C)NC1=O. The number of unbranched alkanes of at least 4 members (excludes halogenated alkanes) is 2. The van der Waals surface area contributed by atoms with Crippen molar-refractivity contribution in [1.29, 1.82) is 0 Å². The number of amides is 2. The highest BCUT2D eigenvalue weighted by atomic mass is 16.2. The average Bonchev–Trinajstić information content (AvgIpc) is 2.43. The Balaban J connectivity index is 2.25. The van der Waals surface area contributed by atoms with Crippen molar-refractivity contribution in [3.05, 3.63) is 0 Å². The summed E-state index contributed by atoms with van der Waals surface area (Å²) >= 11 is 0. The Hall–Kier alpha value is -1.06. The van der Waals surface area contributed by atoms with Gasteiger partial charge in [0.1, 0.15) is 12.1 Å². The summed E-state index contributed by atoms with van der Waals surface area (Å²) in [5, 5.41) is 5.81. The van der Waals surface area contributed by atoms with Gasteiger partial charge in [-0.15, -0.1) is 0 Å². The normalized spacial score (nSPS) is 22.1. The van der Waals surface area contributed by atoms with Crippen LogP contribution >= 0.6 is 0 Å². The van der Waals surface area contributed by atoms with Crippen molar-refractivity contribution in [3.63, 3.8) is 0 Å². The van der Waals surface area contributed by atoms with Crippen molar-refractivity contribution >= 4 is 11.8 Å². The van der Waals surface area contributed by atoms with Gasteiger partial charge in [0, 0.05) is 0 Å². The molecule has 0 aromatic heterocycles. The third-order valence-electron chi connectivity index (χ3n) is 4.31. The Kier molecular flexibility index (Phi) is 8.51. The van der Waals surface area contributed by atoms with E-state index in [9.17, 15) is 9.59 Å². The van der Waals surface area contributed by atoms with E-state index in [2.05, 4.69) is 38.3 Å². The number of nitrogens with one attached hydrogen (secondary N) is 2. The van der Waals surface area contributed by atoms with Gasteiger partial charge in [-0.25, -0.2) is 0 Å². The van der Waals surface area contributed by atoms with Gasteiger partial charge >= 0.3 is 0 Å². The van der Waals surface area contributed by atoms with Gasteiger partial charge in [0.05, 0.1) is 0 Å². The van der Waals surface area contributed by atoms with E-state index in [1.165, 1.54) is 12.8 Å². The number of hydrogen-bond donors (Lipinski definition) is 2. The van der Waals surface area contributed by atoms with Gasteiger partial charge in [0.2, 0.25) is 11.8 Å². The van der Waals surface area contributed by atoms with E-state index in [-0.39, 0.29) is 23.9 Å². The van der Waals surface area contributed by atoms with Crippen LogP contribution in [0.2, 0.25) is 0 Å². The molecular weight excluding hydrogens is 276 g/mol. The zero-order valence-corrected chi connectivity index (χ0v) is 14.8. The van der Waals surface area contributed by atoms with Gasteiger partial charge in [-0.1, -0.05) is 66.2 Å². The minimum Gasteiger partial charge on any atom is -0.343 e. The average molecular weight is 310 g/mol. The Morgan fingerprint density at radius 3 is 1.41 bits per heavy atom. The number of rotatable bonds is 10. The summed E-state index contributed by atoms with van der Waals surface area (Å²) in [4.78, 5) is 24.2. The van der Waals surface area contributed by atoms with Gasteiger partial charge in [0.25, 0.3) is 0 Å². The van der Waals surface area contributed by atoms with Gasteiger partial charge in [-0.05, 0) is 24.7 Å². The summed E-state index contributed by atoms with van der Waals surface area (Å²) in [6.45, 7) is 8.83. The predicted molar refractivity (Wildman–Crippen MR) is 90.5 cm³/mol. The fourth-order valence-corrected chi connectivity index (χ4v) is 2.88. The molecule has 1 fully saturated rings. The second kappa shape index (κ2) is 9.86. The van der Waals surface area contributed by atoms with Gasteiger partial charge < -0.3 is 10.6 Å². The minimum atomic E-state index is -0.327. The fraction of sp³-hybridized carbons (Fsp3) is 0.889. The Morgan fingerprint density at radius 2 is 1.09 bits per heavy atom. The quantitative estimate of drug-likeness (QED) is 0.608. The second-order valence-electron chi connectivity index (χ2n) is 7.48. The lowest BCUT2D eigenvalue weighted by Crippen LogP contribution is -2.61. The molecule has 0 bridgehead atoms. The topological polar surface area (TPSA) is 58.2 Å². The van der Waals surface area contributed by atoms with Gasteiger partial charge in [-0.2, -0.15) is 0 Å². The molecule has 2 amide bonds. The third-order valence-corrected chi connectivity index (χ3v) is 4.31. The van der Waals surface area contributed by atoms with Crippen LogP contribution < -0.4 is 10.6 Å². The molecule has 0 aromatic rings. The lowest BCUT2D eigenvalue weighted by molar-refractivity contribution is -0.137. The fourth-order valence-electron chi connectivity index (χ4n) is 2.88. The van der Waals surface area contributed by atoms with Crippen molar-refractivity contribution in [2.45, 2.75) is 91.1 Å². The maximum Gasteiger partial charge on any atom is 0.243 e. The zero-order chi connectivity index (χ0) is 16.5. The number of carbonyl (C=O) groups is 2. The van der Waals surface area contributed by atoms with E-state index < -0.39 is 0 Å². The first-order valence-corrected chi connectivity index (χ1v) is 9.01. The molecule has 0 aliphatic carbocycles. The van der Waals surface area contributed by atoms with Gasteiger partial charge in [-0.3, -0.25) is 9.59 Å². The predicted octanol–water partition coefficient (Wildman–Crippen LogP) is 3.40. The van der Waals surface area contributed by atoms with Crippen LogP contribution in [0.5, 0.6) is 0 Å². The van der Waals surface area contributed by atoms with Crippen molar-refractivity contribution in [1.82, 2.24) is 10.6 Å². The summed E-state index contributed by atoms with van der Waals surface area (Å²) in [5.74, 6) is 1.39. The summed E-state index contributed by atoms with van der Waals surface area (Å²) in [7, 11) is 0. The highest BCUT2D eigenvalue weighted by Gasteiger charge is 2.32. The van der Waals surface area contributed by atoms with Crippen LogP contribution in [-0.4, -0.2) is 23.9 Å². The minimum absolute atomic E-state index is 0.00185. The number of carbonyl (C=O) groups excluding carboxylic acids is 2. The smallest absolute Gasteiger partial charge is 0.243 e. The van der Waals surface area contributed by atoms with Gasteiger partial charge in [0.15, 0.2) is 0 Å². The molecule has 2 atom stereocenters. The molecule has 1 rings (SSSR count). The van der Waals surface area contributed by atoms with Crippen LogP contribution in [0.15, 0.2) is 0 Å². The van der Waals surface area contributed by atoms with E-state index in [0.29, 0.717) is 11.8 Å². The van der Waals surface area contributed by atoms with Crippen LogP contribution in [-0.2, 0) is 9.59 Å². The van der Waals surface area contributed by atoms with Crippen LogP contribution in [0.1, 0.15) is 79.1 Å². The van der Waals surface area contributed by atoms with Crippen LogP contribution in [0.25, 0.3) is 0 Å². The van der Waals surface area contributed by atoms with Crippen LogP contribution in [0, 0.1) is 11.8 Å². The largest absolute Gasteiger partial charge is 0.343 e. The molecule has 1 aliphatic heterocycles. The highest BCUT2D eigenvalue weighted by molar-refractivity contribution is 5.96. The highest BCUT2D eigenvalue weighted by Crippen LogP contribution is 2.14. The summed E-state index contributed by atoms with van der Waals surface area (Å²) in [6.07, 6.45) is 8.10. The third kappa shape index (κ3) is 7.28. The second-order valence-corrected chi connectivity index (χ2v) is 7.48. The standard InChI is InChI=1S/C18H34N2O2/c1-13(2)9-5-7-11-15-17(21)20-16(18(22)19-15)12-8-6-10-14(3)4/h13-16H,5-12H2,1-4H3,(H,19,22)(H,20,21). The molecular formula is C18H34N2O2. The first-order chi connectivity index (χ1) is 10.4. The Labute approximate surface area is 135 Å². The van der Waals surface area contributed by atoms with Crippen LogP contribution in [0.3, 0.4) is 0 Å². The molecule has 22 heavy (non-hydrogen) atoms. The molecule has 0 spiro atoms. The molecule has 4 heteroatoms. The molecule has 0 aromatic carbocycles. The first-order valence-electron chi connectivity index (χ1n) is 9.01. The van der Waals surface area contributed by atoms with Crippen molar-refractivity contribution in [2.24, 2.45) is 11.8 Å². The van der Waals surface area contributed by atoms with E-state index >= 15 is 0 Å². The molecule has 0 saturated carbocycles. The molecule has 2 unspecified atom stereocenters. The van der Waals surface area contributed by atoms with Crippen molar-refractivity contribution in [2.75, 3.05) is 0 Å². The molecule has 2 N–H and O–H groups in total. The summed E-state index contributed by atoms with van der Waals surface area (Å²) < 4.78 is 0. The monoisotopic (exact) mass is 310 g/mol. The Bertz CT molecular complexity index is 319. The molecule has 1 heterocycles. The molecule has 4 nitrogen and oxygen atoms in total.